The van der Waals surface area contributed by atoms with E-state index in [1.807, 2.05) is 55.5 Å². The number of hydrogen-bond acceptors (Lipinski definition) is 3. The summed E-state index contributed by atoms with van der Waals surface area (Å²) in [5.74, 6) is 0.989. The number of hydrogen-bond donors (Lipinski definition) is 1. The number of nitrogens with one attached hydrogen (secondary N) is 1. The lowest BCUT2D eigenvalue weighted by Gasteiger charge is -2.02. The van der Waals surface area contributed by atoms with E-state index in [4.69, 9.17) is 11.6 Å². The summed E-state index contributed by atoms with van der Waals surface area (Å²) in [6.45, 7) is 2.03. The van der Waals surface area contributed by atoms with Crippen molar-refractivity contribution in [1.82, 2.24) is 5.43 Å². The van der Waals surface area contributed by atoms with Crippen LogP contribution in [0.1, 0.15) is 16.7 Å². The predicted molar refractivity (Wildman–Crippen MR) is 94.5 cm³/mol. The molecule has 0 heterocycles. The number of aryl methyl sites for hydroxylation is 1. The number of carbonyl (C=O) groups excluding carboxylic acids is 1. The second-order valence-electron chi connectivity index (χ2n) is 4.83. The van der Waals surface area contributed by atoms with Crippen LogP contribution in [0.5, 0.6) is 0 Å². The first-order chi connectivity index (χ1) is 10.6. The minimum absolute atomic E-state index is 0.115. The Labute approximate surface area is 139 Å². The van der Waals surface area contributed by atoms with Gasteiger partial charge in [-0.05, 0) is 30.2 Å². The molecule has 3 nitrogen and oxygen atoms in total. The van der Waals surface area contributed by atoms with Crippen molar-refractivity contribution < 1.29 is 4.79 Å². The topological polar surface area (TPSA) is 41.5 Å². The third-order valence-electron chi connectivity index (χ3n) is 2.87. The van der Waals surface area contributed by atoms with Crippen molar-refractivity contribution in [2.75, 3.05) is 5.75 Å². The number of thioether (sulfide) groups is 1. The van der Waals surface area contributed by atoms with Crippen molar-refractivity contribution in [1.29, 1.82) is 0 Å². The summed E-state index contributed by atoms with van der Waals surface area (Å²) in [7, 11) is 0. The average Bonchev–Trinajstić information content (AvgIpc) is 2.49. The van der Waals surface area contributed by atoms with Gasteiger partial charge in [-0.2, -0.15) is 5.10 Å². The zero-order valence-corrected chi connectivity index (χ0v) is 13.8. The third-order valence-corrected chi connectivity index (χ3v) is 4.11. The highest BCUT2D eigenvalue weighted by molar-refractivity contribution is 7.99. The summed E-state index contributed by atoms with van der Waals surface area (Å²) in [4.78, 5) is 11.7. The van der Waals surface area contributed by atoms with Crippen LogP contribution in [0, 0.1) is 6.92 Å². The van der Waals surface area contributed by atoms with Crippen LogP contribution in [0.25, 0.3) is 0 Å². The molecule has 22 heavy (non-hydrogen) atoms. The van der Waals surface area contributed by atoms with Gasteiger partial charge in [0.05, 0.1) is 12.0 Å². The monoisotopic (exact) mass is 332 g/mol. The Balaban J connectivity index is 1.70. The van der Waals surface area contributed by atoms with Crippen molar-refractivity contribution in [3.05, 3.63) is 70.2 Å². The number of benzene rings is 2. The van der Waals surface area contributed by atoms with E-state index in [1.54, 1.807) is 6.21 Å². The van der Waals surface area contributed by atoms with Gasteiger partial charge in [-0.25, -0.2) is 5.43 Å². The minimum atomic E-state index is -0.115. The fraction of sp³-hybridized carbons (Fsp3) is 0.176. The molecule has 0 fully saturated rings. The zero-order chi connectivity index (χ0) is 15.8. The van der Waals surface area contributed by atoms with Gasteiger partial charge in [0.15, 0.2) is 0 Å². The van der Waals surface area contributed by atoms with Gasteiger partial charge in [0.2, 0.25) is 5.91 Å². The standard InChI is InChI=1S/C17H17ClN2OS/c1-13-5-7-14(8-6-13)10-19-20-17(21)12-22-11-15-3-2-4-16(18)9-15/h2-10H,11-12H2,1H3,(H,20,21)/b19-10-. The molecule has 0 saturated heterocycles. The predicted octanol–water partition coefficient (Wildman–Crippen LogP) is 4.03. The van der Waals surface area contributed by atoms with Gasteiger partial charge in [-0.3, -0.25) is 4.79 Å². The Morgan fingerprint density at radius 3 is 2.77 bits per heavy atom. The molecule has 0 bridgehead atoms. The number of halogens is 1. The van der Waals surface area contributed by atoms with Crippen molar-refractivity contribution in [3.63, 3.8) is 0 Å². The first kappa shape index (κ1) is 16.6. The van der Waals surface area contributed by atoms with E-state index in [0.29, 0.717) is 10.8 Å². The molecule has 2 rings (SSSR count). The Hall–Kier alpha value is -1.78. The maximum absolute atomic E-state index is 11.7. The van der Waals surface area contributed by atoms with Gasteiger partial charge in [0, 0.05) is 10.8 Å². The van der Waals surface area contributed by atoms with E-state index in [0.717, 1.165) is 16.9 Å². The van der Waals surface area contributed by atoms with Crippen LogP contribution in [-0.2, 0) is 10.5 Å². The van der Waals surface area contributed by atoms with Crippen molar-refractivity contribution >= 4 is 35.5 Å². The highest BCUT2D eigenvalue weighted by atomic mass is 35.5. The summed E-state index contributed by atoms with van der Waals surface area (Å²) >= 11 is 7.44. The molecule has 2 aromatic rings. The van der Waals surface area contributed by atoms with Crippen LogP contribution >= 0.6 is 23.4 Å². The van der Waals surface area contributed by atoms with Crippen molar-refractivity contribution in [2.45, 2.75) is 12.7 Å². The van der Waals surface area contributed by atoms with Gasteiger partial charge in [-0.1, -0.05) is 53.6 Å². The molecule has 1 N–H and O–H groups in total. The molecule has 0 unspecified atom stereocenters. The highest BCUT2D eigenvalue weighted by Gasteiger charge is 2.01. The Morgan fingerprint density at radius 2 is 2.05 bits per heavy atom. The summed E-state index contributed by atoms with van der Waals surface area (Å²) in [5.41, 5.74) is 5.78. The van der Waals surface area contributed by atoms with Crippen LogP contribution in [-0.4, -0.2) is 17.9 Å². The first-order valence-electron chi connectivity index (χ1n) is 6.84. The second kappa shape index (κ2) is 8.61. The molecule has 0 atom stereocenters. The lowest BCUT2D eigenvalue weighted by atomic mass is 10.2. The molecule has 2 aromatic carbocycles. The molecular formula is C17H17ClN2OS. The van der Waals surface area contributed by atoms with Crippen LogP contribution in [0.2, 0.25) is 5.02 Å². The summed E-state index contributed by atoms with van der Waals surface area (Å²) < 4.78 is 0. The molecule has 0 aromatic heterocycles. The fourth-order valence-electron chi connectivity index (χ4n) is 1.75. The molecular weight excluding hydrogens is 316 g/mol. The minimum Gasteiger partial charge on any atom is -0.272 e. The molecule has 1 amide bonds. The largest absolute Gasteiger partial charge is 0.272 e. The number of carbonyl (C=O) groups is 1. The molecule has 5 heteroatoms. The normalized spacial score (nSPS) is 10.8. The van der Waals surface area contributed by atoms with Gasteiger partial charge < -0.3 is 0 Å². The summed E-state index contributed by atoms with van der Waals surface area (Å²) in [6, 6.07) is 15.6. The van der Waals surface area contributed by atoms with E-state index in [2.05, 4.69) is 10.5 Å². The van der Waals surface area contributed by atoms with E-state index in [9.17, 15) is 4.79 Å². The first-order valence-corrected chi connectivity index (χ1v) is 8.37. The van der Waals surface area contributed by atoms with E-state index in [-0.39, 0.29) is 5.91 Å². The molecule has 0 aliphatic heterocycles. The summed E-state index contributed by atoms with van der Waals surface area (Å²) in [6.07, 6.45) is 1.64. The van der Waals surface area contributed by atoms with E-state index < -0.39 is 0 Å². The van der Waals surface area contributed by atoms with Crippen LogP contribution in [0.3, 0.4) is 0 Å². The SMILES string of the molecule is Cc1ccc(/C=N\NC(=O)CSCc2cccc(Cl)c2)cc1. The zero-order valence-electron chi connectivity index (χ0n) is 12.3. The lowest BCUT2D eigenvalue weighted by molar-refractivity contribution is -0.118. The van der Waals surface area contributed by atoms with Crippen molar-refractivity contribution in [3.8, 4) is 0 Å². The Morgan fingerprint density at radius 1 is 1.27 bits per heavy atom. The van der Waals surface area contributed by atoms with Gasteiger partial charge >= 0.3 is 0 Å². The number of hydrazone groups is 1. The maximum Gasteiger partial charge on any atom is 0.250 e. The van der Waals surface area contributed by atoms with E-state index in [1.165, 1.54) is 17.3 Å². The number of rotatable bonds is 6. The van der Waals surface area contributed by atoms with Crippen LogP contribution in [0.15, 0.2) is 53.6 Å². The highest BCUT2D eigenvalue weighted by Crippen LogP contribution is 2.16. The average molecular weight is 333 g/mol. The van der Waals surface area contributed by atoms with Crippen LogP contribution < -0.4 is 5.43 Å². The molecule has 0 saturated carbocycles. The Bertz CT molecular complexity index is 656. The second-order valence-corrected chi connectivity index (χ2v) is 6.25. The number of nitrogens with zero attached hydrogens (tertiary/aromatic N) is 1. The van der Waals surface area contributed by atoms with Gasteiger partial charge in [0.1, 0.15) is 0 Å². The Kier molecular flexibility index (Phi) is 6.49. The molecule has 0 aliphatic rings. The lowest BCUT2D eigenvalue weighted by Crippen LogP contribution is -2.19. The maximum atomic E-state index is 11.7. The van der Waals surface area contributed by atoms with E-state index >= 15 is 0 Å². The van der Waals surface area contributed by atoms with Crippen molar-refractivity contribution in [2.24, 2.45) is 5.10 Å². The molecule has 114 valence electrons. The summed E-state index contributed by atoms with van der Waals surface area (Å²) in [5, 5.41) is 4.67. The third kappa shape index (κ3) is 5.92. The molecule has 0 aliphatic carbocycles. The van der Waals surface area contributed by atoms with Crippen LogP contribution in [0.4, 0.5) is 0 Å². The number of amides is 1. The molecule has 0 radical (unpaired) electrons. The van der Waals surface area contributed by atoms with Gasteiger partial charge in [0.25, 0.3) is 0 Å². The van der Waals surface area contributed by atoms with Gasteiger partial charge in [-0.15, -0.1) is 11.8 Å². The fourth-order valence-corrected chi connectivity index (χ4v) is 2.73. The smallest absolute Gasteiger partial charge is 0.250 e. The quantitative estimate of drug-likeness (QED) is 0.641. The molecule has 0 spiro atoms.